The zero-order valence-corrected chi connectivity index (χ0v) is 21.7. The van der Waals surface area contributed by atoms with Crippen LogP contribution in [0.1, 0.15) is 50.3 Å². The summed E-state index contributed by atoms with van der Waals surface area (Å²) in [5, 5.41) is 30.1. The second-order valence-electron chi connectivity index (χ2n) is 10.6. The van der Waals surface area contributed by atoms with Crippen molar-refractivity contribution in [2.75, 3.05) is 11.9 Å². The molecule has 0 radical (unpaired) electrons. The van der Waals surface area contributed by atoms with E-state index in [1.807, 2.05) is 18.2 Å². The summed E-state index contributed by atoms with van der Waals surface area (Å²) in [5.41, 5.74) is 2.14. The predicted octanol–water partition coefficient (Wildman–Crippen LogP) is 3.30. The maximum Gasteiger partial charge on any atom is 0.220 e. The fraction of sp³-hybridized carbons (Fsp3) is 0.448. The third kappa shape index (κ3) is 5.32. The van der Waals surface area contributed by atoms with Crippen LogP contribution in [0.15, 0.2) is 55.1 Å². The quantitative estimate of drug-likeness (QED) is 0.273. The molecule has 0 bridgehead atoms. The number of anilines is 1. The van der Waals surface area contributed by atoms with Crippen LogP contribution in [-0.4, -0.2) is 60.5 Å². The molecule has 39 heavy (non-hydrogen) atoms. The van der Waals surface area contributed by atoms with E-state index in [1.165, 1.54) is 37.3 Å². The largest absolute Gasteiger partial charge is 0.387 e. The number of aliphatic hydroxyl groups excluding tert-OH is 2. The third-order valence-corrected chi connectivity index (χ3v) is 8.00. The number of rotatable bonds is 8. The van der Waals surface area contributed by atoms with Crippen molar-refractivity contribution in [1.29, 1.82) is 0 Å². The van der Waals surface area contributed by atoms with E-state index in [1.54, 1.807) is 4.57 Å². The highest BCUT2D eigenvalue weighted by Crippen LogP contribution is 2.32. The van der Waals surface area contributed by atoms with Crippen LogP contribution >= 0.6 is 0 Å². The van der Waals surface area contributed by atoms with E-state index >= 15 is 0 Å². The number of benzene rings is 2. The molecule has 204 valence electrons. The number of aliphatic hydroxyl groups is 2. The molecule has 4 atom stereocenters. The second kappa shape index (κ2) is 11.3. The van der Waals surface area contributed by atoms with Gasteiger partial charge in [-0.3, -0.25) is 9.36 Å². The lowest BCUT2D eigenvalue weighted by Gasteiger charge is -2.21. The Balaban J connectivity index is 1.13. The molecule has 1 aliphatic heterocycles. The molecule has 2 aliphatic rings. The van der Waals surface area contributed by atoms with Crippen LogP contribution in [0.4, 0.5) is 5.82 Å². The SMILES string of the molecule is O=C(CC1CCCCC1)NC[C@H]1O[C@@H](n2cnc3c(NCc4cccc5ccccc45)ncnc32)[C@H](O)[C@@H]1O. The highest BCUT2D eigenvalue weighted by Gasteiger charge is 2.44. The van der Waals surface area contributed by atoms with Crippen LogP contribution in [0, 0.1) is 5.92 Å². The van der Waals surface area contributed by atoms with Crippen molar-refractivity contribution >= 4 is 33.7 Å². The topological polar surface area (TPSA) is 134 Å². The molecule has 4 aromatic rings. The number of hydrogen-bond acceptors (Lipinski definition) is 8. The summed E-state index contributed by atoms with van der Waals surface area (Å²) < 4.78 is 7.63. The lowest BCUT2D eigenvalue weighted by molar-refractivity contribution is -0.123. The van der Waals surface area contributed by atoms with Gasteiger partial charge >= 0.3 is 0 Å². The van der Waals surface area contributed by atoms with Crippen molar-refractivity contribution < 1.29 is 19.7 Å². The van der Waals surface area contributed by atoms with Crippen molar-refractivity contribution in [2.45, 2.75) is 69.6 Å². The van der Waals surface area contributed by atoms with Crippen LogP contribution in [0.2, 0.25) is 0 Å². The number of amides is 1. The molecule has 3 heterocycles. The van der Waals surface area contributed by atoms with Crippen LogP contribution in [0.5, 0.6) is 0 Å². The van der Waals surface area contributed by atoms with Crippen molar-refractivity contribution in [2.24, 2.45) is 5.92 Å². The van der Waals surface area contributed by atoms with Crippen LogP contribution in [0.25, 0.3) is 21.9 Å². The summed E-state index contributed by atoms with van der Waals surface area (Å²) in [6.45, 7) is 0.671. The average Bonchev–Trinajstić information content (AvgIpc) is 3.52. The van der Waals surface area contributed by atoms with Gasteiger partial charge in [0.05, 0.1) is 6.33 Å². The van der Waals surface area contributed by atoms with E-state index in [2.05, 4.69) is 49.9 Å². The average molecular weight is 531 g/mol. The zero-order valence-electron chi connectivity index (χ0n) is 21.7. The molecule has 2 aromatic heterocycles. The maximum absolute atomic E-state index is 12.5. The molecule has 1 saturated heterocycles. The van der Waals surface area contributed by atoms with Gasteiger partial charge in [0, 0.05) is 19.5 Å². The number of imidazole rings is 1. The first-order chi connectivity index (χ1) is 19.1. The van der Waals surface area contributed by atoms with E-state index in [0.29, 0.717) is 35.9 Å². The maximum atomic E-state index is 12.5. The first kappa shape index (κ1) is 25.7. The van der Waals surface area contributed by atoms with E-state index < -0.39 is 24.5 Å². The highest BCUT2D eigenvalue weighted by atomic mass is 16.6. The van der Waals surface area contributed by atoms with Crippen LogP contribution in [0.3, 0.4) is 0 Å². The van der Waals surface area contributed by atoms with Gasteiger partial charge in [-0.25, -0.2) is 15.0 Å². The van der Waals surface area contributed by atoms with Gasteiger partial charge in [0.1, 0.15) is 24.6 Å². The van der Waals surface area contributed by atoms with Crippen LogP contribution < -0.4 is 10.6 Å². The van der Waals surface area contributed by atoms with Gasteiger partial charge in [0.25, 0.3) is 0 Å². The smallest absolute Gasteiger partial charge is 0.220 e. The number of carbonyl (C=O) groups excluding carboxylic acids is 1. The number of fused-ring (bicyclic) bond motifs is 2. The third-order valence-electron chi connectivity index (χ3n) is 8.00. The normalized spacial score (nSPS) is 23.8. The van der Waals surface area contributed by atoms with Gasteiger partial charge < -0.3 is 25.6 Å². The molecule has 0 unspecified atom stereocenters. The number of nitrogens with one attached hydrogen (secondary N) is 2. The summed E-state index contributed by atoms with van der Waals surface area (Å²) >= 11 is 0. The van der Waals surface area contributed by atoms with Crippen molar-refractivity contribution in [3.8, 4) is 0 Å². The zero-order chi connectivity index (χ0) is 26.8. The Morgan fingerprint density at radius 2 is 1.82 bits per heavy atom. The Bertz CT molecular complexity index is 1450. The van der Waals surface area contributed by atoms with Gasteiger partial charge in [-0.15, -0.1) is 0 Å². The Kier molecular flexibility index (Phi) is 7.40. The van der Waals surface area contributed by atoms with Gasteiger partial charge in [0.2, 0.25) is 5.91 Å². The minimum Gasteiger partial charge on any atom is -0.387 e. The molecule has 2 fully saturated rings. The molecule has 10 heteroatoms. The molecule has 6 rings (SSSR count). The number of ether oxygens (including phenoxy) is 1. The van der Waals surface area contributed by atoms with E-state index in [9.17, 15) is 15.0 Å². The second-order valence-corrected chi connectivity index (χ2v) is 10.6. The Morgan fingerprint density at radius 3 is 2.69 bits per heavy atom. The molecule has 1 saturated carbocycles. The standard InChI is InChI=1S/C29H34N6O4/c36-23(13-18-7-2-1-3-8-18)30-15-22-25(37)26(38)29(39-22)35-17-34-24-27(32-16-33-28(24)35)31-14-20-11-6-10-19-9-4-5-12-21(19)20/h4-6,9-12,16-18,22,25-26,29,37-38H,1-3,7-8,13-15H2,(H,30,36)(H,31,32,33)/t22-,25-,26-,29-/m1/s1. The summed E-state index contributed by atoms with van der Waals surface area (Å²) in [5.74, 6) is 0.941. The van der Waals surface area contributed by atoms with Gasteiger partial charge in [-0.05, 0) is 35.1 Å². The molecule has 10 nitrogen and oxygen atoms in total. The molecule has 4 N–H and O–H groups in total. The summed E-state index contributed by atoms with van der Waals surface area (Å²) in [7, 11) is 0. The first-order valence-electron chi connectivity index (χ1n) is 13.7. The summed E-state index contributed by atoms with van der Waals surface area (Å²) in [6, 6.07) is 14.4. The van der Waals surface area contributed by atoms with E-state index in [-0.39, 0.29) is 12.5 Å². The minimum atomic E-state index is -1.20. The minimum absolute atomic E-state index is 0.0432. The van der Waals surface area contributed by atoms with Crippen molar-refractivity contribution in [1.82, 2.24) is 24.8 Å². The fourth-order valence-electron chi connectivity index (χ4n) is 5.86. The summed E-state index contributed by atoms with van der Waals surface area (Å²) in [4.78, 5) is 25.7. The molecule has 1 amide bonds. The number of aromatic nitrogens is 4. The monoisotopic (exact) mass is 530 g/mol. The Hall–Kier alpha value is -3.60. The summed E-state index contributed by atoms with van der Waals surface area (Å²) in [6.07, 6.45) is 5.24. The van der Waals surface area contributed by atoms with Gasteiger partial charge in [-0.2, -0.15) is 0 Å². The highest BCUT2D eigenvalue weighted by molar-refractivity contribution is 5.86. The molecular formula is C29H34N6O4. The molecular weight excluding hydrogens is 496 g/mol. The van der Waals surface area contributed by atoms with Crippen LogP contribution in [-0.2, 0) is 16.1 Å². The van der Waals surface area contributed by atoms with Crippen molar-refractivity contribution in [3.63, 3.8) is 0 Å². The van der Waals surface area contributed by atoms with Gasteiger partial charge in [0.15, 0.2) is 23.2 Å². The Labute approximate surface area is 226 Å². The lowest BCUT2D eigenvalue weighted by atomic mass is 9.87. The lowest BCUT2D eigenvalue weighted by Crippen LogP contribution is -2.40. The first-order valence-corrected chi connectivity index (χ1v) is 13.7. The van der Waals surface area contributed by atoms with Crippen molar-refractivity contribution in [3.05, 3.63) is 60.7 Å². The predicted molar refractivity (Wildman–Crippen MR) is 147 cm³/mol. The molecule has 2 aromatic carbocycles. The number of nitrogens with zero attached hydrogens (tertiary/aromatic N) is 4. The number of hydrogen-bond donors (Lipinski definition) is 4. The Morgan fingerprint density at radius 1 is 1.00 bits per heavy atom. The molecule has 0 spiro atoms. The van der Waals surface area contributed by atoms with E-state index in [0.717, 1.165) is 23.8 Å². The number of carbonyl (C=O) groups is 1. The van der Waals surface area contributed by atoms with Gasteiger partial charge in [-0.1, -0.05) is 61.7 Å². The fourth-order valence-corrected chi connectivity index (χ4v) is 5.86. The molecule has 1 aliphatic carbocycles. The van der Waals surface area contributed by atoms with E-state index in [4.69, 9.17) is 4.74 Å².